The molecular formula is C33H30ClFN2O5S. The summed E-state index contributed by atoms with van der Waals surface area (Å²) in [4.78, 5) is 32.3. The maximum Gasteiger partial charge on any atom is 0.338 e. The maximum absolute atomic E-state index is 13.9. The Morgan fingerprint density at radius 1 is 1.07 bits per heavy atom. The Kier molecular flexibility index (Phi) is 9.13. The number of aromatic nitrogens is 1. The highest BCUT2D eigenvalue weighted by Gasteiger charge is 2.33. The molecule has 1 aliphatic rings. The molecule has 5 rings (SSSR count). The molecule has 0 radical (unpaired) electrons. The van der Waals surface area contributed by atoms with Gasteiger partial charge in [-0.15, -0.1) is 0 Å². The number of carbonyl (C=O) groups is 1. The van der Waals surface area contributed by atoms with Crippen molar-refractivity contribution in [2.45, 2.75) is 46.4 Å². The molecule has 0 fully saturated rings. The molecule has 4 aromatic rings. The molecule has 0 saturated heterocycles. The fraction of sp³-hybridized carbons (Fsp3) is 0.242. The van der Waals surface area contributed by atoms with Gasteiger partial charge in [-0.1, -0.05) is 53.3 Å². The highest BCUT2D eigenvalue weighted by atomic mass is 35.5. The molecule has 43 heavy (non-hydrogen) atoms. The first-order chi connectivity index (χ1) is 20.6. The first-order valence-corrected chi connectivity index (χ1v) is 15.0. The van der Waals surface area contributed by atoms with Crippen molar-refractivity contribution in [3.8, 4) is 11.5 Å². The van der Waals surface area contributed by atoms with Crippen LogP contribution < -0.4 is 24.4 Å². The molecular weight excluding hydrogens is 591 g/mol. The van der Waals surface area contributed by atoms with E-state index in [0.717, 1.165) is 11.1 Å². The van der Waals surface area contributed by atoms with Gasteiger partial charge in [-0.3, -0.25) is 9.36 Å². The van der Waals surface area contributed by atoms with E-state index in [0.29, 0.717) is 49.3 Å². The van der Waals surface area contributed by atoms with E-state index in [4.69, 9.17) is 25.8 Å². The molecule has 222 valence electrons. The monoisotopic (exact) mass is 620 g/mol. The second-order valence-corrected chi connectivity index (χ2v) is 11.6. The van der Waals surface area contributed by atoms with Crippen molar-refractivity contribution in [3.63, 3.8) is 0 Å². The van der Waals surface area contributed by atoms with Crippen LogP contribution in [0, 0.1) is 5.82 Å². The van der Waals surface area contributed by atoms with E-state index in [1.165, 1.54) is 28.0 Å². The fourth-order valence-corrected chi connectivity index (χ4v) is 5.89. The topological polar surface area (TPSA) is 79.1 Å². The van der Waals surface area contributed by atoms with Crippen LogP contribution >= 0.6 is 22.9 Å². The van der Waals surface area contributed by atoms with E-state index < -0.39 is 12.0 Å². The molecule has 0 saturated carbocycles. The number of hydrogen-bond donors (Lipinski definition) is 0. The molecule has 3 aromatic carbocycles. The lowest BCUT2D eigenvalue weighted by molar-refractivity contribution is -0.143. The van der Waals surface area contributed by atoms with Crippen LogP contribution in [0.25, 0.3) is 6.08 Å². The number of nitrogens with zero attached hydrogens (tertiary/aromatic N) is 2. The second kappa shape index (κ2) is 13.0. The number of halogens is 2. The van der Waals surface area contributed by atoms with Crippen molar-refractivity contribution in [1.29, 1.82) is 0 Å². The highest BCUT2D eigenvalue weighted by molar-refractivity contribution is 7.07. The summed E-state index contributed by atoms with van der Waals surface area (Å²) in [6, 6.07) is 17.8. The van der Waals surface area contributed by atoms with Crippen LogP contribution in [0.3, 0.4) is 0 Å². The highest BCUT2D eigenvalue weighted by Crippen LogP contribution is 2.32. The van der Waals surface area contributed by atoms with Crippen LogP contribution in [0.4, 0.5) is 4.39 Å². The van der Waals surface area contributed by atoms with E-state index in [1.807, 2.05) is 13.0 Å². The zero-order valence-corrected chi connectivity index (χ0v) is 25.7. The Morgan fingerprint density at radius 2 is 1.79 bits per heavy atom. The van der Waals surface area contributed by atoms with Crippen LogP contribution in [0.15, 0.2) is 87.8 Å². The molecule has 1 aromatic heterocycles. The van der Waals surface area contributed by atoms with Gasteiger partial charge in [-0.2, -0.15) is 0 Å². The van der Waals surface area contributed by atoms with Crippen molar-refractivity contribution in [1.82, 2.24) is 4.57 Å². The summed E-state index contributed by atoms with van der Waals surface area (Å²) in [5.74, 6) is 0.203. The SMILES string of the molecule is CCOc1cc(/C=c2\sc3n(c2=O)[C@H](c2ccc(Cl)cc2)C(C(=O)OC(C)C)=C(C)N=3)ccc1OCc1ccc(F)cc1. The van der Waals surface area contributed by atoms with Crippen LogP contribution in [0.2, 0.25) is 5.02 Å². The van der Waals surface area contributed by atoms with Crippen LogP contribution in [-0.2, 0) is 16.1 Å². The average molecular weight is 621 g/mol. The zero-order chi connectivity index (χ0) is 30.7. The molecule has 0 unspecified atom stereocenters. The number of ether oxygens (including phenoxy) is 3. The molecule has 0 aliphatic carbocycles. The van der Waals surface area contributed by atoms with E-state index in [-0.39, 0.29) is 24.1 Å². The maximum atomic E-state index is 13.9. The number of rotatable bonds is 9. The molecule has 0 bridgehead atoms. The Morgan fingerprint density at radius 3 is 2.47 bits per heavy atom. The van der Waals surface area contributed by atoms with Crippen molar-refractivity contribution < 1.29 is 23.4 Å². The number of thiazole rings is 1. The summed E-state index contributed by atoms with van der Waals surface area (Å²) >= 11 is 7.38. The summed E-state index contributed by atoms with van der Waals surface area (Å²) < 4.78 is 32.6. The summed E-state index contributed by atoms with van der Waals surface area (Å²) in [6.07, 6.45) is 1.42. The Bertz CT molecular complexity index is 1860. The number of fused-ring (bicyclic) bond motifs is 1. The molecule has 0 amide bonds. The molecule has 7 nitrogen and oxygen atoms in total. The van der Waals surface area contributed by atoms with E-state index in [2.05, 4.69) is 4.99 Å². The number of esters is 1. The standard InChI is InChI=1S/C33H30ClFN2O5S/c1-5-40-27-16-22(8-15-26(27)41-18-21-6-13-25(35)14-7-21)17-28-31(38)37-30(23-9-11-24(34)12-10-23)29(32(39)42-19(2)3)20(4)36-33(37)43-28/h6-17,19,30H,5,18H2,1-4H3/b28-17-/t30-/m1/s1. The summed E-state index contributed by atoms with van der Waals surface area (Å²) in [6.45, 7) is 7.81. The number of hydrogen-bond acceptors (Lipinski definition) is 7. The van der Waals surface area contributed by atoms with Crippen LogP contribution in [0.1, 0.15) is 50.4 Å². The number of carbonyl (C=O) groups excluding carboxylic acids is 1. The minimum atomic E-state index is -0.733. The number of allylic oxidation sites excluding steroid dienone is 1. The third kappa shape index (κ3) is 6.73. The van der Waals surface area contributed by atoms with Crippen molar-refractivity contribution in [2.24, 2.45) is 4.99 Å². The molecule has 0 N–H and O–H groups in total. The largest absolute Gasteiger partial charge is 0.490 e. The lowest BCUT2D eigenvalue weighted by atomic mass is 9.96. The van der Waals surface area contributed by atoms with Gasteiger partial charge in [0.15, 0.2) is 16.3 Å². The van der Waals surface area contributed by atoms with Gasteiger partial charge in [0, 0.05) is 5.02 Å². The van der Waals surface area contributed by atoms with Gasteiger partial charge in [0.1, 0.15) is 12.4 Å². The molecule has 0 spiro atoms. The Hall–Kier alpha value is -4.21. The second-order valence-electron chi connectivity index (χ2n) is 10.1. The summed E-state index contributed by atoms with van der Waals surface area (Å²) in [5.41, 5.74) is 2.75. The van der Waals surface area contributed by atoms with Gasteiger partial charge >= 0.3 is 5.97 Å². The first kappa shape index (κ1) is 30.3. The minimum Gasteiger partial charge on any atom is -0.490 e. The van der Waals surface area contributed by atoms with Gasteiger partial charge < -0.3 is 14.2 Å². The third-order valence-electron chi connectivity index (χ3n) is 6.64. The summed E-state index contributed by atoms with van der Waals surface area (Å²) in [5, 5.41) is 0.540. The van der Waals surface area contributed by atoms with Gasteiger partial charge in [0.05, 0.1) is 34.6 Å². The summed E-state index contributed by atoms with van der Waals surface area (Å²) in [7, 11) is 0. The average Bonchev–Trinajstić information content (AvgIpc) is 3.27. The molecule has 1 atom stereocenters. The predicted molar refractivity (Wildman–Crippen MR) is 165 cm³/mol. The minimum absolute atomic E-state index is 0.240. The van der Waals surface area contributed by atoms with E-state index in [9.17, 15) is 14.0 Å². The van der Waals surface area contributed by atoms with Gasteiger partial charge in [0.25, 0.3) is 5.56 Å². The number of benzene rings is 3. The van der Waals surface area contributed by atoms with Crippen molar-refractivity contribution in [3.05, 3.63) is 125 Å². The molecule has 1 aliphatic heterocycles. The fourth-order valence-electron chi connectivity index (χ4n) is 4.72. The third-order valence-corrected chi connectivity index (χ3v) is 7.88. The quantitative estimate of drug-likeness (QED) is 0.216. The predicted octanol–water partition coefficient (Wildman–Crippen LogP) is 5.96. The van der Waals surface area contributed by atoms with Crippen molar-refractivity contribution >= 4 is 35.0 Å². The van der Waals surface area contributed by atoms with Gasteiger partial charge in [-0.05, 0) is 86.9 Å². The smallest absolute Gasteiger partial charge is 0.338 e. The molecule has 2 heterocycles. The van der Waals surface area contributed by atoms with Gasteiger partial charge in [0.2, 0.25) is 0 Å². The van der Waals surface area contributed by atoms with Crippen LogP contribution in [-0.4, -0.2) is 23.2 Å². The normalized spacial score (nSPS) is 14.9. The first-order valence-electron chi connectivity index (χ1n) is 13.8. The lowest BCUT2D eigenvalue weighted by Gasteiger charge is -2.25. The van der Waals surface area contributed by atoms with Crippen LogP contribution in [0.5, 0.6) is 11.5 Å². The van der Waals surface area contributed by atoms with Crippen molar-refractivity contribution in [2.75, 3.05) is 6.61 Å². The Labute approximate surface area is 257 Å². The van der Waals surface area contributed by atoms with Gasteiger partial charge in [-0.25, -0.2) is 14.2 Å². The van der Waals surface area contributed by atoms with E-state index in [1.54, 1.807) is 75.4 Å². The van der Waals surface area contributed by atoms with E-state index >= 15 is 0 Å². The molecule has 10 heteroatoms. The lowest BCUT2D eigenvalue weighted by Crippen LogP contribution is -2.40. The Balaban J connectivity index is 1.54. The zero-order valence-electron chi connectivity index (χ0n) is 24.1.